The van der Waals surface area contributed by atoms with Gasteiger partial charge in [-0.05, 0) is 24.2 Å². The van der Waals surface area contributed by atoms with Gasteiger partial charge in [-0.15, -0.1) is 11.3 Å². The van der Waals surface area contributed by atoms with Crippen LogP contribution in [-0.4, -0.2) is 11.5 Å². The summed E-state index contributed by atoms with van der Waals surface area (Å²) in [5, 5.41) is 6.54. The highest BCUT2D eigenvalue weighted by Crippen LogP contribution is 2.24. The second-order valence-electron chi connectivity index (χ2n) is 3.91. The van der Waals surface area contributed by atoms with Crippen molar-refractivity contribution in [3.63, 3.8) is 0 Å². The van der Waals surface area contributed by atoms with Crippen LogP contribution in [0.25, 0.3) is 0 Å². The highest BCUT2D eigenvalue weighted by molar-refractivity contribution is 7.09. The first kappa shape index (κ1) is 13.5. The minimum atomic E-state index is -0.384. The van der Waals surface area contributed by atoms with E-state index in [1.165, 1.54) is 6.07 Å². The lowest BCUT2D eigenvalue weighted by atomic mass is 10.0. The molecule has 2 rings (SSSR count). The molecule has 0 bridgehead atoms. The van der Waals surface area contributed by atoms with Crippen LogP contribution in [0.2, 0.25) is 5.02 Å². The molecule has 18 heavy (non-hydrogen) atoms. The number of benzene rings is 1. The Morgan fingerprint density at radius 1 is 1.50 bits per heavy atom. The number of thiazole rings is 1. The van der Waals surface area contributed by atoms with Crippen LogP contribution in [0.3, 0.4) is 0 Å². The molecular formula is C13H14ClFN2S. The number of nitrogens with zero attached hydrogens (tertiary/aromatic N) is 1. The van der Waals surface area contributed by atoms with Crippen LogP contribution >= 0.6 is 22.9 Å². The molecule has 0 saturated carbocycles. The largest absolute Gasteiger partial charge is 0.310 e. The summed E-state index contributed by atoms with van der Waals surface area (Å²) in [6.45, 7) is 2.88. The van der Waals surface area contributed by atoms with Gasteiger partial charge in [0, 0.05) is 24.0 Å². The Balaban J connectivity index is 2.20. The van der Waals surface area contributed by atoms with Crippen LogP contribution in [0.1, 0.15) is 23.5 Å². The van der Waals surface area contributed by atoms with E-state index < -0.39 is 0 Å². The quantitative estimate of drug-likeness (QED) is 0.903. The molecule has 2 aromatic rings. The summed E-state index contributed by atoms with van der Waals surface area (Å²) in [4.78, 5) is 4.28. The molecule has 1 atom stereocenters. The van der Waals surface area contributed by atoms with Crippen LogP contribution < -0.4 is 5.32 Å². The predicted octanol–water partition coefficient (Wildman–Crippen LogP) is 3.83. The molecule has 2 nitrogen and oxygen atoms in total. The minimum Gasteiger partial charge on any atom is -0.310 e. The van der Waals surface area contributed by atoms with Gasteiger partial charge in [0.1, 0.15) is 5.82 Å². The SMILES string of the molecule is CCNC(Cc1nccs1)c1ccc(F)c(Cl)c1. The Morgan fingerprint density at radius 3 is 2.94 bits per heavy atom. The fourth-order valence-corrected chi connectivity index (χ4v) is 2.66. The Bertz CT molecular complexity index is 502. The maximum Gasteiger partial charge on any atom is 0.141 e. The highest BCUT2D eigenvalue weighted by atomic mass is 35.5. The van der Waals surface area contributed by atoms with Gasteiger partial charge in [0.05, 0.1) is 10.0 Å². The average Bonchev–Trinajstić information content (AvgIpc) is 2.85. The minimum absolute atomic E-state index is 0.110. The van der Waals surface area contributed by atoms with Gasteiger partial charge in [0.2, 0.25) is 0 Å². The number of hydrogen-bond donors (Lipinski definition) is 1. The molecule has 1 N–H and O–H groups in total. The topological polar surface area (TPSA) is 24.9 Å². The molecule has 1 unspecified atom stereocenters. The zero-order valence-corrected chi connectivity index (χ0v) is 11.6. The molecule has 0 aliphatic carbocycles. The van der Waals surface area contributed by atoms with Crippen LogP contribution in [0.5, 0.6) is 0 Å². The van der Waals surface area contributed by atoms with Gasteiger partial charge < -0.3 is 5.32 Å². The molecule has 0 aliphatic rings. The Labute approximate surface area is 115 Å². The van der Waals surface area contributed by atoms with Gasteiger partial charge in [-0.1, -0.05) is 24.6 Å². The van der Waals surface area contributed by atoms with E-state index in [-0.39, 0.29) is 16.9 Å². The van der Waals surface area contributed by atoms with Gasteiger partial charge in [0.25, 0.3) is 0 Å². The molecule has 0 saturated heterocycles. The normalized spacial score (nSPS) is 12.6. The second kappa shape index (κ2) is 6.27. The number of rotatable bonds is 5. The molecule has 0 amide bonds. The van der Waals surface area contributed by atoms with E-state index in [4.69, 9.17) is 11.6 Å². The molecule has 0 radical (unpaired) electrons. The second-order valence-corrected chi connectivity index (χ2v) is 5.30. The Kier molecular flexibility index (Phi) is 4.69. The van der Waals surface area contributed by atoms with E-state index in [1.807, 2.05) is 12.3 Å². The fourth-order valence-electron chi connectivity index (χ4n) is 1.81. The van der Waals surface area contributed by atoms with Gasteiger partial charge in [0.15, 0.2) is 0 Å². The molecule has 1 aromatic heterocycles. The third-order valence-electron chi connectivity index (χ3n) is 2.66. The van der Waals surface area contributed by atoms with E-state index in [0.29, 0.717) is 0 Å². The molecule has 0 spiro atoms. The van der Waals surface area contributed by atoms with Crippen molar-refractivity contribution in [3.05, 3.63) is 51.2 Å². The number of hydrogen-bond acceptors (Lipinski definition) is 3. The number of halogens is 2. The molecule has 0 fully saturated rings. The van der Waals surface area contributed by atoms with Gasteiger partial charge in [-0.25, -0.2) is 9.37 Å². The monoisotopic (exact) mass is 284 g/mol. The smallest absolute Gasteiger partial charge is 0.141 e. The van der Waals surface area contributed by atoms with Crippen LogP contribution in [0.4, 0.5) is 4.39 Å². The lowest BCUT2D eigenvalue weighted by Gasteiger charge is -2.17. The number of nitrogens with one attached hydrogen (secondary N) is 1. The lowest BCUT2D eigenvalue weighted by Crippen LogP contribution is -2.23. The van der Waals surface area contributed by atoms with Crippen LogP contribution in [0, 0.1) is 5.82 Å². The molecule has 96 valence electrons. The van der Waals surface area contributed by atoms with Crippen molar-refractivity contribution in [1.29, 1.82) is 0 Å². The maximum absolute atomic E-state index is 13.2. The molecule has 1 aromatic carbocycles. The average molecular weight is 285 g/mol. The Hall–Kier alpha value is -0.970. The summed E-state index contributed by atoms with van der Waals surface area (Å²) in [7, 11) is 0. The predicted molar refractivity (Wildman–Crippen MR) is 73.6 cm³/mol. The first-order valence-electron chi connectivity index (χ1n) is 5.77. The summed E-state index contributed by atoms with van der Waals surface area (Å²) in [5.41, 5.74) is 0.985. The number of aromatic nitrogens is 1. The zero-order valence-electron chi connectivity index (χ0n) is 9.99. The van der Waals surface area contributed by atoms with Crippen molar-refractivity contribution < 1.29 is 4.39 Å². The molecule has 0 aliphatic heterocycles. The Morgan fingerprint density at radius 2 is 2.33 bits per heavy atom. The van der Waals surface area contributed by atoms with Crippen molar-refractivity contribution in [3.8, 4) is 0 Å². The van der Waals surface area contributed by atoms with E-state index in [0.717, 1.165) is 23.5 Å². The van der Waals surface area contributed by atoms with Crippen molar-refractivity contribution in [2.45, 2.75) is 19.4 Å². The maximum atomic E-state index is 13.2. The number of likely N-dealkylation sites (N-methyl/N-ethyl adjacent to an activating group) is 1. The molecular weight excluding hydrogens is 271 g/mol. The van der Waals surface area contributed by atoms with Crippen LogP contribution in [-0.2, 0) is 6.42 Å². The summed E-state index contributed by atoms with van der Waals surface area (Å²) < 4.78 is 13.2. The third kappa shape index (κ3) is 3.28. The van der Waals surface area contributed by atoms with E-state index >= 15 is 0 Å². The summed E-state index contributed by atoms with van der Waals surface area (Å²) in [5.74, 6) is -0.384. The lowest BCUT2D eigenvalue weighted by molar-refractivity contribution is 0.546. The van der Waals surface area contributed by atoms with Crippen molar-refractivity contribution >= 4 is 22.9 Å². The van der Waals surface area contributed by atoms with E-state index in [2.05, 4.69) is 10.3 Å². The van der Waals surface area contributed by atoms with Gasteiger partial charge in [-0.2, -0.15) is 0 Å². The summed E-state index contributed by atoms with van der Waals surface area (Å²) in [6.07, 6.45) is 2.58. The first-order valence-corrected chi connectivity index (χ1v) is 7.03. The molecule has 1 heterocycles. The van der Waals surface area contributed by atoms with Crippen molar-refractivity contribution in [1.82, 2.24) is 10.3 Å². The van der Waals surface area contributed by atoms with Crippen molar-refractivity contribution in [2.75, 3.05) is 6.54 Å². The zero-order chi connectivity index (χ0) is 13.0. The van der Waals surface area contributed by atoms with E-state index in [1.54, 1.807) is 29.7 Å². The molecule has 5 heteroatoms. The van der Waals surface area contributed by atoms with E-state index in [9.17, 15) is 4.39 Å². The van der Waals surface area contributed by atoms with Gasteiger partial charge in [-0.3, -0.25) is 0 Å². The summed E-state index contributed by atoms with van der Waals surface area (Å²) in [6, 6.07) is 4.96. The first-order chi connectivity index (χ1) is 8.70. The summed E-state index contributed by atoms with van der Waals surface area (Å²) >= 11 is 7.45. The van der Waals surface area contributed by atoms with Crippen LogP contribution in [0.15, 0.2) is 29.8 Å². The fraction of sp³-hybridized carbons (Fsp3) is 0.308. The highest BCUT2D eigenvalue weighted by Gasteiger charge is 2.14. The third-order valence-corrected chi connectivity index (χ3v) is 3.75. The van der Waals surface area contributed by atoms with Crippen molar-refractivity contribution in [2.24, 2.45) is 0 Å². The standard InChI is InChI=1S/C13H14ClFN2S/c1-2-16-12(8-13-17-5-6-18-13)9-3-4-11(15)10(14)7-9/h3-7,12,16H,2,8H2,1H3. The van der Waals surface area contributed by atoms with Gasteiger partial charge >= 0.3 is 0 Å².